The number of ether oxygens (including phenoxy) is 1. The van der Waals surface area contributed by atoms with Gasteiger partial charge in [-0.15, -0.1) is 0 Å². The highest BCUT2D eigenvalue weighted by atomic mass is 16.5. The third-order valence-electron chi connectivity index (χ3n) is 4.66. The highest BCUT2D eigenvalue weighted by molar-refractivity contribution is 5.95. The molecule has 1 saturated heterocycles. The topological polar surface area (TPSA) is 110 Å². The molecule has 0 aromatic carbocycles. The number of carbonyl (C=O) groups excluding carboxylic acids is 1. The summed E-state index contributed by atoms with van der Waals surface area (Å²) in [6.07, 6.45) is 3.07. The Kier molecular flexibility index (Phi) is 5.51. The Morgan fingerprint density at radius 1 is 1.35 bits per heavy atom. The third-order valence-corrected chi connectivity index (χ3v) is 4.66. The Hall–Kier alpha value is -2.48. The highest BCUT2D eigenvalue weighted by Gasteiger charge is 2.32. The molecule has 8 heteroatoms. The predicted octanol–water partition coefficient (Wildman–Crippen LogP) is 2.09. The van der Waals surface area contributed by atoms with Gasteiger partial charge in [0.1, 0.15) is 11.6 Å². The fourth-order valence-corrected chi connectivity index (χ4v) is 3.11. The molecule has 140 valence electrons. The number of pyridine rings is 1. The first-order chi connectivity index (χ1) is 12.5. The Labute approximate surface area is 151 Å². The molecular formula is C18H24N4O4. The molecule has 0 saturated carbocycles. The highest BCUT2D eigenvalue weighted by Crippen LogP contribution is 2.30. The maximum Gasteiger partial charge on any atom is 0.261 e. The van der Waals surface area contributed by atoms with Crippen molar-refractivity contribution in [1.82, 2.24) is 20.4 Å². The Morgan fingerprint density at radius 2 is 2.08 bits per heavy atom. The SMILES string of the molecule is Cc1cc[nH]c(=O)c1C(=O)N[C@H](c1nc(C(C)C)no1)C1CCOCC1. The largest absolute Gasteiger partial charge is 0.381 e. The number of aromatic amines is 1. The summed E-state index contributed by atoms with van der Waals surface area (Å²) in [5.41, 5.74) is 0.306. The van der Waals surface area contributed by atoms with Crippen molar-refractivity contribution < 1.29 is 14.1 Å². The second-order valence-corrected chi connectivity index (χ2v) is 6.91. The van der Waals surface area contributed by atoms with Crippen molar-refractivity contribution in [3.63, 3.8) is 0 Å². The van der Waals surface area contributed by atoms with E-state index in [2.05, 4.69) is 20.4 Å². The van der Waals surface area contributed by atoms with Gasteiger partial charge in [0.05, 0.1) is 0 Å². The van der Waals surface area contributed by atoms with E-state index in [1.165, 1.54) is 6.20 Å². The summed E-state index contributed by atoms with van der Waals surface area (Å²) in [6, 6.07) is 1.24. The van der Waals surface area contributed by atoms with Gasteiger partial charge in [0.2, 0.25) is 5.89 Å². The second-order valence-electron chi connectivity index (χ2n) is 6.91. The van der Waals surface area contributed by atoms with Crippen molar-refractivity contribution >= 4 is 5.91 Å². The quantitative estimate of drug-likeness (QED) is 0.845. The zero-order valence-electron chi connectivity index (χ0n) is 15.2. The van der Waals surface area contributed by atoms with E-state index in [1.54, 1.807) is 13.0 Å². The van der Waals surface area contributed by atoms with Crippen molar-refractivity contribution in [2.45, 2.75) is 45.6 Å². The van der Waals surface area contributed by atoms with E-state index in [9.17, 15) is 9.59 Å². The molecule has 2 N–H and O–H groups in total. The minimum Gasteiger partial charge on any atom is -0.381 e. The van der Waals surface area contributed by atoms with Gasteiger partial charge in [-0.25, -0.2) is 0 Å². The summed E-state index contributed by atoms with van der Waals surface area (Å²) in [4.78, 5) is 31.9. The molecule has 1 atom stereocenters. The van der Waals surface area contributed by atoms with Gasteiger partial charge in [-0.2, -0.15) is 4.98 Å². The van der Waals surface area contributed by atoms with Gasteiger partial charge in [0.15, 0.2) is 5.82 Å². The van der Waals surface area contributed by atoms with Crippen LogP contribution in [-0.4, -0.2) is 34.2 Å². The van der Waals surface area contributed by atoms with Gasteiger partial charge >= 0.3 is 0 Å². The van der Waals surface area contributed by atoms with E-state index in [1.807, 2.05) is 13.8 Å². The molecule has 2 aromatic heterocycles. The van der Waals surface area contributed by atoms with Gasteiger partial charge in [0, 0.05) is 25.3 Å². The minimum atomic E-state index is -0.453. The van der Waals surface area contributed by atoms with Crippen LogP contribution in [0.1, 0.15) is 66.3 Å². The van der Waals surface area contributed by atoms with Crippen molar-refractivity contribution in [3.05, 3.63) is 45.5 Å². The number of nitrogens with one attached hydrogen (secondary N) is 2. The van der Waals surface area contributed by atoms with Crippen LogP contribution in [0.5, 0.6) is 0 Å². The molecule has 8 nitrogen and oxygen atoms in total. The second kappa shape index (κ2) is 7.82. The summed E-state index contributed by atoms with van der Waals surface area (Å²) in [5.74, 6) is 0.762. The molecule has 1 aliphatic rings. The lowest BCUT2D eigenvalue weighted by molar-refractivity contribution is 0.0467. The summed E-state index contributed by atoms with van der Waals surface area (Å²) in [6.45, 7) is 6.92. The first-order valence-corrected chi connectivity index (χ1v) is 8.87. The van der Waals surface area contributed by atoms with E-state index in [0.29, 0.717) is 30.5 Å². The number of hydrogen-bond acceptors (Lipinski definition) is 6. The maximum atomic E-state index is 12.8. The molecule has 1 amide bonds. The summed E-state index contributed by atoms with van der Waals surface area (Å²) < 4.78 is 10.9. The van der Waals surface area contributed by atoms with E-state index < -0.39 is 17.5 Å². The molecule has 3 heterocycles. The van der Waals surface area contributed by atoms with Crippen molar-refractivity contribution in [2.24, 2.45) is 5.92 Å². The van der Waals surface area contributed by atoms with E-state index in [-0.39, 0.29) is 17.4 Å². The average molecular weight is 360 g/mol. The molecule has 1 fully saturated rings. The molecule has 3 rings (SSSR count). The van der Waals surface area contributed by atoms with Crippen LogP contribution in [-0.2, 0) is 4.74 Å². The Morgan fingerprint density at radius 3 is 2.69 bits per heavy atom. The lowest BCUT2D eigenvalue weighted by Gasteiger charge is -2.28. The van der Waals surface area contributed by atoms with Crippen molar-refractivity contribution in [2.75, 3.05) is 13.2 Å². The lowest BCUT2D eigenvalue weighted by atomic mass is 9.91. The first kappa shape index (κ1) is 18.3. The Bertz CT molecular complexity index is 821. The van der Waals surface area contributed by atoms with Crippen LogP contribution in [0.3, 0.4) is 0 Å². The van der Waals surface area contributed by atoms with Crippen LogP contribution >= 0.6 is 0 Å². The number of amides is 1. The van der Waals surface area contributed by atoms with Crippen LogP contribution in [0.4, 0.5) is 0 Å². The normalized spacial score (nSPS) is 16.6. The van der Waals surface area contributed by atoms with Crippen LogP contribution in [0.2, 0.25) is 0 Å². The van der Waals surface area contributed by atoms with E-state index in [4.69, 9.17) is 9.26 Å². The molecule has 0 radical (unpaired) electrons. The van der Waals surface area contributed by atoms with Gasteiger partial charge < -0.3 is 19.6 Å². The zero-order chi connectivity index (χ0) is 18.7. The summed E-state index contributed by atoms with van der Waals surface area (Å²) >= 11 is 0. The number of rotatable bonds is 5. The number of carbonyl (C=O) groups is 1. The molecule has 2 aromatic rings. The standard InChI is InChI=1S/C18H24N4O4/c1-10(2)15-21-18(26-22-15)14(12-5-8-25-9-6-12)20-17(24)13-11(3)4-7-19-16(13)23/h4,7,10,12,14H,5-6,8-9H2,1-3H3,(H,19,23)(H,20,24)/t14-/m0/s1. The van der Waals surface area contributed by atoms with Gasteiger partial charge in [0.25, 0.3) is 11.5 Å². The lowest BCUT2D eigenvalue weighted by Crippen LogP contribution is -2.38. The number of aromatic nitrogens is 3. The third kappa shape index (κ3) is 3.85. The van der Waals surface area contributed by atoms with Crippen molar-refractivity contribution in [3.8, 4) is 0 Å². The number of H-pyrrole nitrogens is 1. The number of aryl methyl sites for hydroxylation is 1. The minimum absolute atomic E-state index is 0.105. The number of nitrogens with zero attached hydrogens (tertiary/aromatic N) is 2. The van der Waals surface area contributed by atoms with Gasteiger partial charge in [-0.1, -0.05) is 19.0 Å². The Balaban J connectivity index is 1.90. The van der Waals surface area contributed by atoms with Gasteiger partial charge in [-0.05, 0) is 37.3 Å². The van der Waals surface area contributed by atoms with E-state index >= 15 is 0 Å². The fourth-order valence-electron chi connectivity index (χ4n) is 3.11. The molecule has 26 heavy (non-hydrogen) atoms. The summed E-state index contributed by atoms with van der Waals surface area (Å²) in [5, 5.41) is 6.95. The van der Waals surface area contributed by atoms with Crippen LogP contribution in [0.15, 0.2) is 21.6 Å². The van der Waals surface area contributed by atoms with Crippen molar-refractivity contribution in [1.29, 1.82) is 0 Å². The molecule has 0 bridgehead atoms. The first-order valence-electron chi connectivity index (χ1n) is 8.87. The average Bonchev–Trinajstić information content (AvgIpc) is 3.10. The molecule has 0 aliphatic carbocycles. The predicted molar refractivity (Wildman–Crippen MR) is 93.9 cm³/mol. The van der Waals surface area contributed by atoms with Crippen LogP contribution in [0.25, 0.3) is 0 Å². The summed E-state index contributed by atoms with van der Waals surface area (Å²) in [7, 11) is 0. The number of hydrogen-bond donors (Lipinski definition) is 2. The van der Waals surface area contributed by atoms with Crippen LogP contribution in [0, 0.1) is 12.8 Å². The molecule has 0 spiro atoms. The monoisotopic (exact) mass is 360 g/mol. The van der Waals surface area contributed by atoms with Gasteiger partial charge in [-0.3, -0.25) is 9.59 Å². The van der Waals surface area contributed by atoms with E-state index in [0.717, 1.165) is 12.8 Å². The smallest absolute Gasteiger partial charge is 0.261 e. The zero-order valence-corrected chi connectivity index (χ0v) is 15.2. The molecule has 0 unspecified atom stereocenters. The molecular weight excluding hydrogens is 336 g/mol. The fraction of sp³-hybridized carbons (Fsp3) is 0.556. The maximum absolute atomic E-state index is 12.8. The molecule has 1 aliphatic heterocycles. The van der Waals surface area contributed by atoms with Crippen LogP contribution < -0.4 is 10.9 Å².